The lowest BCUT2D eigenvalue weighted by atomic mass is 9.82. The first-order valence-corrected chi connectivity index (χ1v) is 12.8. The Bertz CT molecular complexity index is 895. The van der Waals surface area contributed by atoms with Crippen molar-refractivity contribution in [3.63, 3.8) is 0 Å². The first-order valence-electron chi connectivity index (χ1n) is 11.7. The Morgan fingerprint density at radius 2 is 2.22 bits per heavy atom. The molecule has 1 aromatic rings. The van der Waals surface area contributed by atoms with Crippen LogP contribution in [0.1, 0.15) is 72.4 Å². The zero-order chi connectivity index (χ0) is 23.0. The van der Waals surface area contributed by atoms with Crippen molar-refractivity contribution in [2.75, 3.05) is 12.4 Å². The molecule has 9 nitrogen and oxygen atoms in total. The van der Waals surface area contributed by atoms with E-state index < -0.39 is 20.4 Å². The zero-order valence-electron chi connectivity index (χ0n) is 19.6. The highest BCUT2D eigenvalue weighted by atomic mass is 31.2. The van der Waals surface area contributed by atoms with E-state index in [0.29, 0.717) is 12.5 Å². The molecule has 178 valence electrons. The van der Waals surface area contributed by atoms with E-state index in [1.54, 1.807) is 26.1 Å². The highest BCUT2D eigenvalue weighted by Crippen LogP contribution is 2.60. The number of nitrogens with zero attached hydrogens (tertiary/aromatic N) is 3. The molecule has 0 aromatic carbocycles. The quantitative estimate of drug-likeness (QED) is 0.637. The summed E-state index contributed by atoms with van der Waals surface area (Å²) in [4.78, 5) is 28.5. The van der Waals surface area contributed by atoms with Gasteiger partial charge in [0.1, 0.15) is 12.0 Å². The molecule has 0 radical (unpaired) electrons. The molecule has 1 aliphatic carbocycles. The highest BCUT2D eigenvalue weighted by molar-refractivity contribution is 7.45. The minimum absolute atomic E-state index is 0.123. The van der Waals surface area contributed by atoms with Crippen molar-refractivity contribution in [3.05, 3.63) is 22.7 Å². The van der Waals surface area contributed by atoms with Crippen LogP contribution < -0.4 is 11.0 Å². The molecule has 2 aliphatic heterocycles. The van der Waals surface area contributed by atoms with Crippen LogP contribution in [0.25, 0.3) is 0 Å². The Morgan fingerprint density at radius 1 is 1.44 bits per heavy atom. The SMILES string of the molecule is CC[C@H]1O[C@@H](n2ccc(NC(=O)C(C)C)nc2=O)CC1OP1O[C@]2(C)CCCC[C@@H]2N1C. The molecule has 3 fully saturated rings. The van der Waals surface area contributed by atoms with Crippen molar-refractivity contribution in [3.8, 4) is 0 Å². The van der Waals surface area contributed by atoms with E-state index in [4.69, 9.17) is 13.8 Å². The van der Waals surface area contributed by atoms with E-state index in [1.807, 2.05) is 0 Å². The molecule has 6 atom stereocenters. The smallest absolute Gasteiger partial charge is 0.351 e. The summed E-state index contributed by atoms with van der Waals surface area (Å²) >= 11 is 0. The summed E-state index contributed by atoms with van der Waals surface area (Å²) in [5.41, 5.74) is -0.596. The van der Waals surface area contributed by atoms with Gasteiger partial charge in [-0.3, -0.25) is 9.36 Å². The zero-order valence-corrected chi connectivity index (χ0v) is 20.5. The van der Waals surface area contributed by atoms with E-state index >= 15 is 0 Å². The number of hydrogen-bond acceptors (Lipinski definition) is 7. The minimum atomic E-state index is -1.16. The maximum absolute atomic E-state index is 12.6. The molecule has 32 heavy (non-hydrogen) atoms. The molecule has 1 saturated carbocycles. The van der Waals surface area contributed by atoms with Crippen LogP contribution in [0.15, 0.2) is 17.1 Å². The van der Waals surface area contributed by atoms with Gasteiger partial charge in [-0.05, 0) is 39.3 Å². The van der Waals surface area contributed by atoms with Crippen molar-refractivity contribution in [1.29, 1.82) is 0 Å². The first-order chi connectivity index (χ1) is 15.2. The Kier molecular flexibility index (Phi) is 7.03. The predicted octanol–water partition coefficient (Wildman–Crippen LogP) is 3.81. The molecule has 2 saturated heterocycles. The van der Waals surface area contributed by atoms with E-state index in [2.05, 4.69) is 35.9 Å². The molecule has 1 amide bonds. The van der Waals surface area contributed by atoms with Crippen molar-refractivity contribution in [2.45, 2.75) is 96.3 Å². The molecule has 3 heterocycles. The molecule has 3 aliphatic rings. The van der Waals surface area contributed by atoms with Gasteiger partial charge < -0.3 is 19.1 Å². The van der Waals surface area contributed by atoms with Crippen molar-refractivity contribution >= 4 is 20.3 Å². The fourth-order valence-corrected chi connectivity index (χ4v) is 6.79. The van der Waals surface area contributed by atoms with E-state index in [-0.39, 0.29) is 35.5 Å². The topological polar surface area (TPSA) is 94.9 Å². The molecule has 2 unspecified atom stereocenters. The van der Waals surface area contributed by atoms with E-state index in [1.165, 1.54) is 17.4 Å². The summed E-state index contributed by atoms with van der Waals surface area (Å²) in [7, 11) is 0.934. The molecule has 4 rings (SSSR count). The predicted molar refractivity (Wildman–Crippen MR) is 122 cm³/mol. The third-order valence-electron chi connectivity index (χ3n) is 6.83. The maximum Gasteiger partial charge on any atom is 0.351 e. The fourth-order valence-electron chi connectivity index (χ4n) is 4.86. The lowest BCUT2D eigenvalue weighted by Crippen LogP contribution is -2.43. The molecular formula is C22H35N4O5P. The Hall–Kier alpha value is -1.38. The summed E-state index contributed by atoms with van der Waals surface area (Å²) in [5.74, 6) is -0.115. The summed E-state index contributed by atoms with van der Waals surface area (Å²) in [5, 5.41) is 2.66. The monoisotopic (exact) mass is 466 g/mol. The van der Waals surface area contributed by atoms with Crippen LogP contribution in [0.4, 0.5) is 5.82 Å². The summed E-state index contributed by atoms with van der Waals surface area (Å²) in [6.45, 7) is 7.84. The normalized spacial score (nSPS) is 35.2. The number of likely N-dealkylation sites (N-methyl/N-ethyl adjacent to an activating group) is 1. The molecule has 0 spiro atoms. The number of ether oxygens (including phenoxy) is 1. The van der Waals surface area contributed by atoms with E-state index in [9.17, 15) is 9.59 Å². The van der Waals surface area contributed by atoms with Gasteiger partial charge in [0.25, 0.3) is 8.53 Å². The summed E-state index contributed by atoms with van der Waals surface area (Å²) in [6, 6.07) is 2.02. The average Bonchev–Trinajstić information content (AvgIpc) is 3.26. The van der Waals surface area contributed by atoms with Gasteiger partial charge in [0.15, 0.2) is 0 Å². The van der Waals surface area contributed by atoms with Crippen LogP contribution in [0.2, 0.25) is 0 Å². The van der Waals surface area contributed by atoms with Gasteiger partial charge in [0.2, 0.25) is 5.91 Å². The van der Waals surface area contributed by atoms with E-state index in [0.717, 1.165) is 19.3 Å². The lowest BCUT2D eigenvalue weighted by Gasteiger charge is -2.35. The first kappa shape index (κ1) is 23.8. The number of amides is 1. The number of hydrogen-bond donors (Lipinski definition) is 1. The Labute approximate surface area is 190 Å². The van der Waals surface area contributed by atoms with Gasteiger partial charge in [-0.25, -0.2) is 9.46 Å². The number of nitrogens with one attached hydrogen (secondary N) is 1. The van der Waals surface area contributed by atoms with Crippen LogP contribution in [-0.4, -0.2) is 51.0 Å². The van der Waals surface area contributed by atoms with Crippen molar-refractivity contribution in [2.24, 2.45) is 5.92 Å². The third-order valence-corrected chi connectivity index (χ3v) is 8.64. The van der Waals surface area contributed by atoms with Gasteiger partial charge in [-0.2, -0.15) is 4.98 Å². The molecule has 1 aromatic heterocycles. The molecule has 0 bridgehead atoms. The number of anilines is 1. The number of fused-ring (bicyclic) bond motifs is 1. The Morgan fingerprint density at radius 3 is 2.88 bits per heavy atom. The van der Waals surface area contributed by atoms with Crippen LogP contribution in [-0.2, 0) is 18.6 Å². The largest absolute Gasteiger partial charge is 0.352 e. The third kappa shape index (κ3) is 4.64. The van der Waals surface area contributed by atoms with Crippen molar-refractivity contribution in [1.82, 2.24) is 14.2 Å². The van der Waals surface area contributed by atoms with Gasteiger partial charge >= 0.3 is 5.69 Å². The van der Waals surface area contributed by atoms with Gasteiger partial charge in [0.05, 0.1) is 17.8 Å². The number of aromatic nitrogens is 2. The number of carbonyl (C=O) groups excluding carboxylic acids is 1. The van der Waals surface area contributed by atoms with Crippen molar-refractivity contribution < 1.29 is 18.6 Å². The van der Waals surface area contributed by atoms with Crippen LogP contribution >= 0.6 is 8.53 Å². The maximum atomic E-state index is 12.6. The second-order valence-corrected chi connectivity index (χ2v) is 11.0. The lowest BCUT2D eigenvalue weighted by molar-refractivity contribution is -0.118. The average molecular weight is 467 g/mol. The molecular weight excluding hydrogens is 431 g/mol. The summed E-state index contributed by atoms with van der Waals surface area (Å²) < 4.78 is 22.9. The van der Waals surface area contributed by atoms with Gasteiger partial charge in [0, 0.05) is 24.6 Å². The minimum Gasteiger partial charge on any atom is -0.352 e. The van der Waals surface area contributed by atoms with Crippen LogP contribution in [0.3, 0.4) is 0 Å². The van der Waals surface area contributed by atoms with Crippen LogP contribution in [0, 0.1) is 5.92 Å². The number of carbonyl (C=O) groups is 1. The standard InChI is InChI=1S/C22H35N4O5P/c1-6-15-16(30-32-25(5)17-9-7-8-11-22(17,4)31-32)13-19(29-15)26-12-10-18(24-21(26)28)23-20(27)14(2)3/h10,12,14-17,19H,6-9,11,13H2,1-5H3,(H,23,24,27,28)/t15-,16?,17+,19-,22-,32?/m1/s1. The second kappa shape index (κ2) is 9.47. The fraction of sp³-hybridized carbons (Fsp3) is 0.773. The second-order valence-electron chi connectivity index (χ2n) is 9.54. The Balaban J connectivity index is 1.44. The molecule has 10 heteroatoms. The highest BCUT2D eigenvalue weighted by Gasteiger charge is 2.53. The number of rotatable bonds is 6. The van der Waals surface area contributed by atoms with Gasteiger partial charge in [-0.1, -0.05) is 33.6 Å². The molecule has 1 N–H and O–H groups in total. The van der Waals surface area contributed by atoms with Gasteiger partial charge in [-0.15, -0.1) is 0 Å². The summed E-state index contributed by atoms with van der Waals surface area (Å²) in [6.07, 6.45) is 6.84. The van der Waals surface area contributed by atoms with Crippen LogP contribution in [0.5, 0.6) is 0 Å².